The standard InChI is InChI=1S/C18H10ClN3O4S2/c19-11-3-1-9(7-12(11)22(24)25)13-4-2-10(26-13)8-14-16(23)15(17(20)28-14)18-21-5-6-27-18/h1-8,15,20H/b14-8-,20-17?/t15-/m1/s1. The van der Waals surface area contributed by atoms with Crippen molar-refractivity contribution < 1.29 is 14.1 Å². The molecular formula is C18H10ClN3O4S2. The Morgan fingerprint density at radius 2 is 2.14 bits per heavy atom. The molecule has 1 fully saturated rings. The SMILES string of the molecule is N=C1S/C(=C\c2ccc(-c3ccc(Cl)c([N+](=O)[O-])c3)o2)C(=O)[C@H]1c1nccs1. The molecule has 0 unspecified atom stereocenters. The van der Waals surface area contributed by atoms with Crippen LogP contribution in [0.4, 0.5) is 5.69 Å². The minimum absolute atomic E-state index is 0.0438. The van der Waals surface area contributed by atoms with Gasteiger partial charge in [0.1, 0.15) is 27.5 Å². The average Bonchev–Trinajstić information content (AvgIpc) is 3.38. The number of hydrogen-bond donors (Lipinski definition) is 1. The zero-order valence-corrected chi connectivity index (χ0v) is 16.3. The number of thioether (sulfide) groups is 1. The van der Waals surface area contributed by atoms with Crippen LogP contribution in [0.3, 0.4) is 0 Å². The first-order chi connectivity index (χ1) is 13.4. The van der Waals surface area contributed by atoms with Gasteiger partial charge in [-0.25, -0.2) is 4.98 Å². The van der Waals surface area contributed by atoms with E-state index in [9.17, 15) is 14.9 Å². The molecule has 1 N–H and O–H groups in total. The smallest absolute Gasteiger partial charge is 0.288 e. The van der Waals surface area contributed by atoms with Crippen LogP contribution in [-0.2, 0) is 4.79 Å². The predicted octanol–water partition coefficient (Wildman–Crippen LogP) is 5.38. The summed E-state index contributed by atoms with van der Waals surface area (Å²) in [6.45, 7) is 0. The predicted molar refractivity (Wildman–Crippen MR) is 109 cm³/mol. The van der Waals surface area contributed by atoms with Gasteiger partial charge in [-0.2, -0.15) is 0 Å². The van der Waals surface area contributed by atoms with Gasteiger partial charge in [0.05, 0.1) is 14.9 Å². The number of carbonyl (C=O) groups excluding carboxylic acids is 1. The molecule has 3 aromatic rings. The van der Waals surface area contributed by atoms with Crippen LogP contribution in [0.25, 0.3) is 17.4 Å². The number of nitrogens with zero attached hydrogens (tertiary/aromatic N) is 2. The summed E-state index contributed by atoms with van der Waals surface area (Å²) in [6.07, 6.45) is 3.18. The number of rotatable bonds is 4. The number of ketones is 1. The molecule has 7 nitrogen and oxygen atoms in total. The molecule has 10 heteroatoms. The van der Waals surface area contributed by atoms with Gasteiger partial charge in [-0.1, -0.05) is 23.4 Å². The zero-order chi connectivity index (χ0) is 19.8. The minimum atomic E-state index is -0.662. The molecule has 1 aromatic carbocycles. The third kappa shape index (κ3) is 3.39. The number of aromatic nitrogens is 1. The lowest BCUT2D eigenvalue weighted by Gasteiger charge is -2.01. The molecular weight excluding hydrogens is 422 g/mol. The van der Waals surface area contributed by atoms with Crippen molar-refractivity contribution in [2.75, 3.05) is 0 Å². The van der Waals surface area contributed by atoms with Crippen molar-refractivity contribution >= 4 is 57.3 Å². The summed E-state index contributed by atoms with van der Waals surface area (Å²) < 4.78 is 5.72. The van der Waals surface area contributed by atoms with Crippen LogP contribution in [0.1, 0.15) is 16.7 Å². The van der Waals surface area contributed by atoms with Gasteiger partial charge in [-0.05, 0) is 30.3 Å². The molecule has 0 aliphatic carbocycles. The number of nitrogens with one attached hydrogen (secondary N) is 1. The number of allylic oxidation sites excluding steroid dienone is 1. The molecule has 1 aliphatic rings. The van der Waals surface area contributed by atoms with Crippen LogP contribution >= 0.6 is 34.7 Å². The molecule has 3 heterocycles. The lowest BCUT2D eigenvalue weighted by molar-refractivity contribution is -0.384. The van der Waals surface area contributed by atoms with Crippen molar-refractivity contribution in [3.63, 3.8) is 0 Å². The highest BCUT2D eigenvalue weighted by atomic mass is 35.5. The van der Waals surface area contributed by atoms with E-state index in [4.69, 9.17) is 21.4 Å². The summed E-state index contributed by atoms with van der Waals surface area (Å²) in [4.78, 5) is 27.7. The molecule has 2 aromatic heterocycles. The van der Waals surface area contributed by atoms with Crippen molar-refractivity contribution in [2.45, 2.75) is 5.92 Å². The van der Waals surface area contributed by atoms with Crippen molar-refractivity contribution in [1.29, 1.82) is 5.41 Å². The fourth-order valence-corrected chi connectivity index (χ4v) is 4.68. The van der Waals surface area contributed by atoms with Gasteiger partial charge in [0.25, 0.3) is 5.69 Å². The van der Waals surface area contributed by atoms with Crippen LogP contribution in [-0.4, -0.2) is 20.7 Å². The van der Waals surface area contributed by atoms with Crippen molar-refractivity contribution in [1.82, 2.24) is 4.98 Å². The minimum Gasteiger partial charge on any atom is -0.457 e. The number of nitro benzene ring substituents is 1. The summed E-state index contributed by atoms with van der Waals surface area (Å²) in [6, 6.07) is 7.71. The normalized spacial score (nSPS) is 18.2. The molecule has 140 valence electrons. The van der Waals surface area contributed by atoms with Gasteiger partial charge in [-0.15, -0.1) is 11.3 Å². The van der Waals surface area contributed by atoms with E-state index in [0.717, 1.165) is 11.8 Å². The maximum Gasteiger partial charge on any atom is 0.288 e. The molecule has 0 radical (unpaired) electrons. The summed E-state index contributed by atoms with van der Waals surface area (Å²) in [5, 5.41) is 21.8. The maximum atomic E-state index is 12.7. The molecule has 1 saturated heterocycles. The van der Waals surface area contributed by atoms with Crippen molar-refractivity contribution in [2.24, 2.45) is 0 Å². The molecule has 0 spiro atoms. The van der Waals surface area contributed by atoms with E-state index in [1.54, 1.807) is 35.9 Å². The highest BCUT2D eigenvalue weighted by Gasteiger charge is 2.38. The lowest BCUT2D eigenvalue weighted by Crippen LogP contribution is -2.11. The fourth-order valence-electron chi connectivity index (χ4n) is 2.71. The Bertz CT molecular complexity index is 1140. The number of thiazole rings is 1. The monoisotopic (exact) mass is 431 g/mol. The molecule has 0 bridgehead atoms. The largest absolute Gasteiger partial charge is 0.457 e. The van der Waals surface area contributed by atoms with Crippen LogP contribution in [0, 0.1) is 15.5 Å². The van der Waals surface area contributed by atoms with E-state index in [-0.39, 0.29) is 21.5 Å². The molecule has 0 saturated carbocycles. The third-order valence-corrected chi connectivity index (χ3v) is 6.17. The molecule has 28 heavy (non-hydrogen) atoms. The Morgan fingerprint density at radius 1 is 1.32 bits per heavy atom. The highest BCUT2D eigenvalue weighted by molar-refractivity contribution is 8.19. The number of Topliss-reactive ketones (excluding diaryl/α,β-unsaturated/α-hetero) is 1. The van der Waals surface area contributed by atoms with E-state index < -0.39 is 10.8 Å². The van der Waals surface area contributed by atoms with Crippen molar-refractivity contribution in [3.05, 3.63) is 72.7 Å². The quantitative estimate of drug-likeness (QED) is 0.337. The zero-order valence-electron chi connectivity index (χ0n) is 13.9. The first-order valence-corrected chi connectivity index (χ1v) is 9.97. The second kappa shape index (κ2) is 7.34. The number of furan rings is 1. The number of halogens is 1. The first-order valence-electron chi connectivity index (χ1n) is 7.90. The topological polar surface area (TPSA) is 110 Å². The van der Waals surface area contributed by atoms with Gasteiger partial charge in [0.15, 0.2) is 5.78 Å². The Hall–Kier alpha value is -2.75. The number of carbonyl (C=O) groups is 1. The number of nitro groups is 1. The van der Waals surface area contributed by atoms with Gasteiger partial charge in [0.2, 0.25) is 0 Å². The Kier molecular flexibility index (Phi) is 4.88. The first kappa shape index (κ1) is 18.6. The van der Waals surface area contributed by atoms with Gasteiger partial charge >= 0.3 is 0 Å². The number of benzene rings is 1. The third-order valence-electron chi connectivity index (χ3n) is 4.01. The average molecular weight is 432 g/mol. The van der Waals surface area contributed by atoms with Gasteiger partial charge < -0.3 is 4.42 Å². The van der Waals surface area contributed by atoms with E-state index in [0.29, 0.717) is 27.0 Å². The van der Waals surface area contributed by atoms with Crippen LogP contribution in [0.2, 0.25) is 5.02 Å². The summed E-state index contributed by atoms with van der Waals surface area (Å²) in [5.41, 5.74) is 0.288. The lowest BCUT2D eigenvalue weighted by atomic mass is 10.1. The van der Waals surface area contributed by atoms with Crippen LogP contribution in [0.15, 0.2) is 51.2 Å². The van der Waals surface area contributed by atoms with E-state index in [2.05, 4.69) is 4.98 Å². The molecule has 0 amide bonds. The van der Waals surface area contributed by atoms with Crippen LogP contribution < -0.4 is 0 Å². The van der Waals surface area contributed by atoms with Crippen molar-refractivity contribution in [3.8, 4) is 11.3 Å². The Morgan fingerprint density at radius 3 is 2.86 bits per heavy atom. The van der Waals surface area contributed by atoms with E-state index >= 15 is 0 Å². The van der Waals surface area contributed by atoms with Gasteiger partial charge in [-0.3, -0.25) is 20.3 Å². The maximum absolute atomic E-state index is 12.7. The van der Waals surface area contributed by atoms with E-state index in [1.807, 2.05) is 0 Å². The van der Waals surface area contributed by atoms with E-state index in [1.165, 1.54) is 23.5 Å². The molecule has 4 rings (SSSR count). The highest BCUT2D eigenvalue weighted by Crippen LogP contribution is 2.41. The molecule has 1 aliphatic heterocycles. The van der Waals surface area contributed by atoms with Crippen LogP contribution in [0.5, 0.6) is 0 Å². The fraction of sp³-hybridized carbons (Fsp3) is 0.0556. The Balaban J connectivity index is 1.62. The molecule has 1 atom stereocenters. The summed E-state index contributed by atoms with van der Waals surface area (Å²) >= 11 is 8.26. The Labute approximate surface area is 171 Å². The second-order valence-corrected chi connectivity index (χ2v) is 8.18. The second-order valence-electron chi connectivity index (χ2n) is 5.77. The summed E-state index contributed by atoms with van der Waals surface area (Å²) in [7, 11) is 0. The summed E-state index contributed by atoms with van der Waals surface area (Å²) in [5.74, 6) is -0.0284. The number of hydrogen-bond acceptors (Lipinski definition) is 8. The van der Waals surface area contributed by atoms with Gasteiger partial charge in [0, 0.05) is 23.2 Å².